The van der Waals surface area contributed by atoms with Gasteiger partial charge < -0.3 is 5.32 Å². The summed E-state index contributed by atoms with van der Waals surface area (Å²) in [4.78, 5) is 4.38. The molecule has 1 N–H and O–H groups in total. The van der Waals surface area contributed by atoms with E-state index in [1.54, 1.807) is 11.3 Å². The smallest absolute Gasteiger partial charge is 0.0795 e. The van der Waals surface area contributed by atoms with Crippen LogP contribution in [0.1, 0.15) is 42.6 Å². The molecule has 1 unspecified atom stereocenters. The number of nitrogens with zero attached hydrogens (tertiary/aromatic N) is 1. The van der Waals surface area contributed by atoms with Crippen LogP contribution in [0, 0.1) is 0 Å². The van der Waals surface area contributed by atoms with Gasteiger partial charge in [0.2, 0.25) is 0 Å². The number of hydrogen-bond acceptors (Lipinski definition) is 3. The Balaban J connectivity index is 2.26. The van der Waals surface area contributed by atoms with Crippen LogP contribution in [0.5, 0.6) is 0 Å². The van der Waals surface area contributed by atoms with Gasteiger partial charge in [-0.1, -0.05) is 38.1 Å². The fourth-order valence-electron chi connectivity index (χ4n) is 1.92. The highest BCUT2D eigenvalue weighted by Crippen LogP contribution is 2.23. The molecule has 1 atom stereocenters. The molecule has 2 nitrogen and oxygen atoms in total. The van der Waals surface area contributed by atoms with Gasteiger partial charge in [0.05, 0.1) is 17.2 Å². The Labute approximate surface area is 107 Å². The molecule has 17 heavy (non-hydrogen) atoms. The van der Waals surface area contributed by atoms with Crippen LogP contribution in [0.4, 0.5) is 0 Å². The summed E-state index contributed by atoms with van der Waals surface area (Å²) < 4.78 is 0. The third kappa shape index (κ3) is 2.73. The predicted molar refractivity (Wildman–Crippen MR) is 73.5 cm³/mol. The molecule has 0 saturated heterocycles. The highest BCUT2D eigenvalue weighted by atomic mass is 32.1. The van der Waals surface area contributed by atoms with Gasteiger partial charge in [-0.3, -0.25) is 0 Å². The van der Waals surface area contributed by atoms with Gasteiger partial charge in [0.15, 0.2) is 0 Å². The standard InChI is InChI=1S/C14H18N2S/c1-10(2)11-4-6-12(7-5-11)14(15-3)13-8-17-9-16-13/h4-10,14-15H,1-3H3. The average Bonchev–Trinajstić information content (AvgIpc) is 2.84. The summed E-state index contributed by atoms with van der Waals surface area (Å²) in [6, 6.07) is 8.99. The third-order valence-electron chi connectivity index (χ3n) is 2.97. The van der Waals surface area contributed by atoms with Gasteiger partial charge >= 0.3 is 0 Å². The van der Waals surface area contributed by atoms with E-state index in [0.717, 1.165) is 5.69 Å². The molecule has 90 valence electrons. The lowest BCUT2D eigenvalue weighted by Gasteiger charge is -2.15. The summed E-state index contributed by atoms with van der Waals surface area (Å²) in [5.41, 5.74) is 5.61. The number of aromatic nitrogens is 1. The molecule has 2 rings (SSSR count). The maximum absolute atomic E-state index is 4.38. The molecule has 0 bridgehead atoms. The second-order valence-corrected chi connectivity index (χ2v) is 5.18. The first kappa shape index (κ1) is 12.3. The zero-order valence-electron chi connectivity index (χ0n) is 10.5. The van der Waals surface area contributed by atoms with E-state index < -0.39 is 0 Å². The van der Waals surface area contributed by atoms with Crippen molar-refractivity contribution in [1.29, 1.82) is 0 Å². The minimum absolute atomic E-state index is 0.197. The Bertz CT molecular complexity index is 446. The fraction of sp³-hybridized carbons (Fsp3) is 0.357. The first-order valence-electron chi connectivity index (χ1n) is 5.87. The van der Waals surface area contributed by atoms with E-state index >= 15 is 0 Å². The molecule has 0 aliphatic rings. The molecule has 3 heteroatoms. The summed E-state index contributed by atoms with van der Waals surface area (Å²) in [7, 11) is 1.97. The molecular formula is C14H18N2S. The van der Waals surface area contributed by atoms with Gasteiger partial charge in [0.1, 0.15) is 0 Å². The lowest BCUT2D eigenvalue weighted by atomic mass is 9.98. The maximum Gasteiger partial charge on any atom is 0.0795 e. The SMILES string of the molecule is CNC(c1ccc(C(C)C)cc1)c1cscn1. The van der Waals surface area contributed by atoms with Crippen LogP contribution < -0.4 is 5.32 Å². The highest BCUT2D eigenvalue weighted by Gasteiger charge is 2.13. The Hall–Kier alpha value is -1.19. The van der Waals surface area contributed by atoms with Crippen molar-refractivity contribution in [3.05, 3.63) is 52.0 Å². The summed E-state index contributed by atoms with van der Waals surface area (Å²) in [6.45, 7) is 4.43. The van der Waals surface area contributed by atoms with Crippen LogP contribution in [-0.4, -0.2) is 12.0 Å². The Morgan fingerprint density at radius 2 is 1.76 bits per heavy atom. The van der Waals surface area contributed by atoms with Crippen molar-refractivity contribution >= 4 is 11.3 Å². The van der Waals surface area contributed by atoms with Crippen molar-refractivity contribution in [2.45, 2.75) is 25.8 Å². The van der Waals surface area contributed by atoms with Crippen LogP contribution in [0.25, 0.3) is 0 Å². The molecule has 2 aromatic rings. The predicted octanol–water partition coefficient (Wildman–Crippen LogP) is 3.58. The number of rotatable bonds is 4. The zero-order valence-corrected chi connectivity index (χ0v) is 11.3. The Kier molecular flexibility index (Phi) is 3.92. The van der Waals surface area contributed by atoms with Crippen molar-refractivity contribution in [1.82, 2.24) is 10.3 Å². The van der Waals surface area contributed by atoms with Crippen molar-refractivity contribution in [3.63, 3.8) is 0 Å². The highest BCUT2D eigenvalue weighted by molar-refractivity contribution is 7.07. The molecule has 0 radical (unpaired) electrons. The van der Waals surface area contributed by atoms with E-state index in [-0.39, 0.29) is 6.04 Å². The molecule has 0 aliphatic heterocycles. The van der Waals surface area contributed by atoms with Crippen LogP contribution in [0.3, 0.4) is 0 Å². The van der Waals surface area contributed by atoms with Crippen molar-refractivity contribution in [2.75, 3.05) is 7.05 Å². The number of benzene rings is 1. The van der Waals surface area contributed by atoms with E-state index in [1.807, 2.05) is 12.6 Å². The van der Waals surface area contributed by atoms with Crippen molar-refractivity contribution < 1.29 is 0 Å². The van der Waals surface area contributed by atoms with Crippen molar-refractivity contribution in [2.24, 2.45) is 0 Å². The molecular weight excluding hydrogens is 228 g/mol. The van der Waals surface area contributed by atoms with Gasteiger partial charge in [-0.25, -0.2) is 4.98 Å². The molecule has 0 saturated carbocycles. The monoisotopic (exact) mass is 246 g/mol. The summed E-state index contributed by atoms with van der Waals surface area (Å²) >= 11 is 1.63. The molecule has 0 fully saturated rings. The van der Waals surface area contributed by atoms with Crippen LogP contribution in [-0.2, 0) is 0 Å². The van der Waals surface area contributed by atoms with Gasteiger partial charge in [-0.15, -0.1) is 11.3 Å². The normalized spacial score (nSPS) is 12.9. The molecule has 0 spiro atoms. The molecule has 0 aliphatic carbocycles. The first-order valence-corrected chi connectivity index (χ1v) is 6.82. The lowest BCUT2D eigenvalue weighted by molar-refractivity contribution is 0.674. The number of nitrogens with one attached hydrogen (secondary N) is 1. The number of hydrogen-bond donors (Lipinski definition) is 1. The van der Waals surface area contributed by atoms with Gasteiger partial charge in [-0.2, -0.15) is 0 Å². The minimum Gasteiger partial charge on any atom is -0.308 e. The number of thiazole rings is 1. The second-order valence-electron chi connectivity index (χ2n) is 4.46. The Morgan fingerprint density at radius 1 is 1.12 bits per heavy atom. The second kappa shape index (κ2) is 5.43. The quantitative estimate of drug-likeness (QED) is 0.892. The molecule has 0 amide bonds. The minimum atomic E-state index is 0.197. The summed E-state index contributed by atoms with van der Waals surface area (Å²) in [5.74, 6) is 0.580. The van der Waals surface area contributed by atoms with E-state index in [2.05, 4.69) is 53.8 Å². The summed E-state index contributed by atoms with van der Waals surface area (Å²) in [5, 5.41) is 5.41. The topological polar surface area (TPSA) is 24.9 Å². The van der Waals surface area contributed by atoms with Crippen LogP contribution >= 0.6 is 11.3 Å². The largest absolute Gasteiger partial charge is 0.308 e. The van der Waals surface area contributed by atoms with Crippen molar-refractivity contribution in [3.8, 4) is 0 Å². The van der Waals surface area contributed by atoms with E-state index in [4.69, 9.17) is 0 Å². The Morgan fingerprint density at radius 3 is 2.24 bits per heavy atom. The average molecular weight is 246 g/mol. The zero-order chi connectivity index (χ0) is 12.3. The summed E-state index contributed by atoms with van der Waals surface area (Å²) in [6.07, 6.45) is 0. The van der Waals surface area contributed by atoms with E-state index in [9.17, 15) is 0 Å². The van der Waals surface area contributed by atoms with E-state index in [0.29, 0.717) is 5.92 Å². The van der Waals surface area contributed by atoms with E-state index in [1.165, 1.54) is 11.1 Å². The molecule has 1 aromatic carbocycles. The fourth-order valence-corrected chi connectivity index (χ4v) is 2.50. The first-order chi connectivity index (χ1) is 8.22. The third-order valence-corrected chi connectivity index (χ3v) is 3.58. The van der Waals surface area contributed by atoms with Crippen LogP contribution in [0.15, 0.2) is 35.2 Å². The maximum atomic E-state index is 4.38. The van der Waals surface area contributed by atoms with Gasteiger partial charge in [-0.05, 0) is 24.1 Å². The molecule has 1 heterocycles. The van der Waals surface area contributed by atoms with Gasteiger partial charge in [0.25, 0.3) is 0 Å². The lowest BCUT2D eigenvalue weighted by Crippen LogP contribution is -2.17. The van der Waals surface area contributed by atoms with Gasteiger partial charge in [0, 0.05) is 5.38 Å². The molecule has 1 aromatic heterocycles. The van der Waals surface area contributed by atoms with Crippen LogP contribution in [0.2, 0.25) is 0 Å².